The molecule has 0 saturated heterocycles. The highest BCUT2D eigenvalue weighted by atomic mass is 79.9. The molecule has 0 fully saturated rings. The molecule has 0 bridgehead atoms. The van der Waals surface area contributed by atoms with Crippen molar-refractivity contribution in [2.45, 2.75) is 12.8 Å². The second-order valence-electron chi connectivity index (χ2n) is 4.90. The van der Waals surface area contributed by atoms with Crippen molar-refractivity contribution in [2.75, 3.05) is 13.1 Å². The number of rotatable bonds is 6. The summed E-state index contributed by atoms with van der Waals surface area (Å²) in [4.78, 5) is 11.6. The third-order valence-electron chi connectivity index (χ3n) is 3.25. The van der Waals surface area contributed by atoms with Crippen molar-refractivity contribution in [3.8, 4) is 0 Å². The fourth-order valence-electron chi connectivity index (χ4n) is 2.05. The van der Waals surface area contributed by atoms with Gasteiger partial charge in [-0.05, 0) is 42.2 Å². The molecular formula is C17H18BrFN2O. The zero-order valence-corrected chi connectivity index (χ0v) is 13.7. The van der Waals surface area contributed by atoms with E-state index in [-0.39, 0.29) is 11.8 Å². The molecule has 2 N–H and O–H groups in total. The Kier molecular flexibility index (Phi) is 6.40. The van der Waals surface area contributed by atoms with Crippen LogP contribution in [0.25, 0.3) is 0 Å². The van der Waals surface area contributed by atoms with E-state index in [1.165, 1.54) is 6.07 Å². The average molecular weight is 365 g/mol. The third-order valence-corrected chi connectivity index (χ3v) is 3.78. The van der Waals surface area contributed by atoms with E-state index in [1.807, 2.05) is 24.3 Å². The first-order chi connectivity index (χ1) is 10.6. The van der Waals surface area contributed by atoms with Crippen LogP contribution in [-0.2, 0) is 12.8 Å². The van der Waals surface area contributed by atoms with Crippen molar-refractivity contribution in [1.29, 1.82) is 0 Å². The molecule has 2 aromatic carbocycles. The van der Waals surface area contributed by atoms with E-state index in [2.05, 4.69) is 26.6 Å². The number of amides is 2. The second-order valence-corrected chi connectivity index (χ2v) is 5.82. The van der Waals surface area contributed by atoms with Crippen LogP contribution in [0, 0.1) is 5.82 Å². The van der Waals surface area contributed by atoms with Crippen LogP contribution in [0.5, 0.6) is 0 Å². The summed E-state index contributed by atoms with van der Waals surface area (Å²) in [5, 5.41) is 5.52. The van der Waals surface area contributed by atoms with Gasteiger partial charge in [-0.2, -0.15) is 0 Å². The van der Waals surface area contributed by atoms with Gasteiger partial charge in [-0.3, -0.25) is 0 Å². The number of benzene rings is 2. The van der Waals surface area contributed by atoms with E-state index >= 15 is 0 Å². The molecule has 5 heteroatoms. The number of hydrogen-bond donors (Lipinski definition) is 2. The molecule has 3 nitrogen and oxygen atoms in total. The summed E-state index contributed by atoms with van der Waals surface area (Å²) >= 11 is 3.38. The lowest BCUT2D eigenvalue weighted by atomic mass is 10.1. The number of nitrogens with one attached hydrogen (secondary N) is 2. The second kappa shape index (κ2) is 8.54. The summed E-state index contributed by atoms with van der Waals surface area (Å²) in [6.07, 6.45) is 1.25. The van der Waals surface area contributed by atoms with Crippen molar-refractivity contribution in [3.05, 3.63) is 69.9 Å². The zero-order valence-electron chi connectivity index (χ0n) is 12.1. The van der Waals surface area contributed by atoms with E-state index < -0.39 is 0 Å². The molecular weight excluding hydrogens is 347 g/mol. The molecule has 0 heterocycles. The Labute approximate surface area is 138 Å². The maximum atomic E-state index is 13.4. The predicted molar refractivity (Wildman–Crippen MR) is 89.4 cm³/mol. The van der Waals surface area contributed by atoms with Gasteiger partial charge in [0.1, 0.15) is 5.82 Å². The molecule has 2 aromatic rings. The molecule has 0 radical (unpaired) electrons. The molecule has 0 saturated carbocycles. The molecule has 0 spiro atoms. The van der Waals surface area contributed by atoms with Crippen LogP contribution in [0.4, 0.5) is 9.18 Å². The number of carbonyl (C=O) groups excluding carboxylic acids is 1. The monoisotopic (exact) mass is 364 g/mol. The van der Waals surface area contributed by atoms with Gasteiger partial charge in [-0.1, -0.05) is 46.3 Å². The molecule has 2 amide bonds. The Morgan fingerprint density at radius 3 is 2.27 bits per heavy atom. The number of hydrogen-bond acceptors (Lipinski definition) is 1. The minimum Gasteiger partial charge on any atom is -0.338 e. The van der Waals surface area contributed by atoms with E-state index in [0.29, 0.717) is 25.1 Å². The highest BCUT2D eigenvalue weighted by Crippen LogP contribution is 2.10. The van der Waals surface area contributed by atoms with Gasteiger partial charge in [0.15, 0.2) is 0 Å². The van der Waals surface area contributed by atoms with Gasteiger partial charge in [0.05, 0.1) is 0 Å². The van der Waals surface area contributed by atoms with Crippen molar-refractivity contribution in [3.63, 3.8) is 0 Å². The van der Waals surface area contributed by atoms with Crippen molar-refractivity contribution in [2.24, 2.45) is 0 Å². The van der Waals surface area contributed by atoms with Crippen molar-refractivity contribution in [1.82, 2.24) is 10.6 Å². The maximum Gasteiger partial charge on any atom is 0.314 e. The summed E-state index contributed by atoms with van der Waals surface area (Å²) in [5.41, 5.74) is 1.77. The van der Waals surface area contributed by atoms with E-state index in [9.17, 15) is 9.18 Å². The standard InChI is InChI=1S/C17H18BrFN2O/c18-15-7-5-13(6-8-15)9-11-20-17(22)21-12-10-14-3-1-2-4-16(14)19/h1-8H,9-12H2,(H2,20,21,22). The Morgan fingerprint density at radius 1 is 0.955 bits per heavy atom. The molecule has 116 valence electrons. The number of carbonyl (C=O) groups is 1. The molecule has 0 aliphatic rings. The lowest BCUT2D eigenvalue weighted by Gasteiger charge is -2.08. The quantitative estimate of drug-likeness (QED) is 0.806. The Bertz CT molecular complexity index is 616. The SMILES string of the molecule is O=C(NCCc1ccc(Br)cc1)NCCc1ccccc1F. The lowest BCUT2D eigenvalue weighted by molar-refractivity contribution is 0.241. The van der Waals surface area contributed by atoms with Crippen LogP contribution in [0.3, 0.4) is 0 Å². The van der Waals surface area contributed by atoms with Gasteiger partial charge in [0.25, 0.3) is 0 Å². The van der Waals surface area contributed by atoms with Crippen molar-refractivity contribution >= 4 is 22.0 Å². The highest BCUT2D eigenvalue weighted by molar-refractivity contribution is 9.10. The van der Waals surface area contributed by atoms with Gasteiger partial charge < -0.3 is 10.6 Å². The average Bonchev–Trinajstić information content (AvgIpc) is 2.51. The van der Waals surface area contributed by atoms with E-state index in [0.717, 1.165) is 16.5 Å². The highest BCUT2D eigenvalue weighted by Gasteiger charge is 2.03. The molecule has 0 aromatic heterocycles. The Hall–Kier alpha value is -1.88. The van der Waals surface area contributed by atoms with Crippen LogP contribution < -0.4 is 10.6 Å². The van der Waals surface area contributed by atoms with Gasteiger partial charge in [-0.15, -0.1) is 0 Å². The first-order valence-electron chi connectivity index (χ1n) is 7.15. The van der Waals surface area contributed by atoms with Crippen molar-refractivity contribution < 1.29 is 9.18 Å². The number of urea groups is 1. The zero-order chi connectivity index (χ0) is 15.8. The molecule has 0 unspecified atom stereocenters. The predicted octanol–water partition coefficient (Wildman–Crippen LogP) is 3.67. The topological polar surface area (TPSA) is 41.1 Å². The summed E-state index contributed by atoms with van der Waals surface area (Å²) in [6.45, 7) is 0.970. The van der Waals surface area contributed by atoms with Crippen LogP contribution in [0.15, 0.2) is 53.0 Å². The fraction of sp³-hybridized carbons (Fsp3) is 0.235. The van der Waals surface area contributed by atoms with Crippen LogP contribution in [0.1, 0.15) is 11.1 Å². The minimum absolute atomic E-state index is 0.228. The Balaban J connectivity index is 1.64. The van der Waals surface area contributed by atoms with Crippen LogP contribution in [-0.4, -0.2) is 19.1 Å². The minimum atomic E-state index is -0.236. The smallest absolute Gasteiger partial charge is 0.314 e. The normalized spacial score (nSPS) is 10.3. The van der Waals surface area contributed by atoms with E-state index in [1.54, 1.807) is 18.2 Å². The van der Waals surface area contributed by atoms with Crippen LogP contribution >= 0.6 is 15.9 Å². The number of halogens is 2. The summed E-state index contributed by atoms with van der Waals surface area (Å²) in [5.74, 6) is -0.236. The van der Waals surface area contributed by atoms with Gasteiger partial charge in [0.2, 0.25) is 0 Å². The maximum absolute atomic E-state index is 13.4. The first-order valence-corrected chi connectivity index (χ1v) is 7.94. The summed E-state index contributed by atoms with van der Waals surface area (Å²) in [6, 6.07) is 14.3. The molecule has 22 heavy (non-hydrogen) atoms. The molecule has 0 aliphatic heterocycles. The van der Waals surface area contributed by atoms with E-state index in [4.69, 9.17) is 0 Å². The third kappa shape index (κ3) is 5.48. The Morgan fingerprint density at radius 2 is 1.59 bits per heavy atom. The lowest BCUT2D eigenvalue weighted by Crippen LogP contribution is -2.37. The van der Waals surface area contributed by atoms with Gasteiger partial charge in [-0.25, -0.2) is 9.18 Å². The molecule has 2 rings (SSSR count). The fourth-order valence-corrected chi connectivity index (χ4v) is 2.31. The van der Waals surface area contributed by atoms with Gasteiger partial charge >= 0.3 is 6.03 Å². The summed E-state index contributed by atoms with van der Waals surface area (Å²) < 4.78 is 14.4. The summed E-state index contributed by atoms with van der Waals surface area (Å²) in [7, 11) is 0. The largest absolute Gasteiger partial charge is 0.338 e. The molecule has 0 atom stereocenters. The van der Waals surface area contributed by atoms with Crippen LogP contribution in [0.2, 0.25) is 0 Å². The van der Waals surface area contributed by atoms with Gasteiger partial charge in [0, 0.05) is 17.6 Å². The first kappa shape index (κ1) is 16.5. The molecule has 0 aliphatic carbocycles.